The van der Waals surface area contributed by atoms with Crippen molar-refractivity contribution in [2.24, 2.45) is 11.7 Å². The Hall–Kier alpha value is -0.450. The molecule has 1 aliphatic rings. The van der Waals surface area contributed by atoms with Crippen LogP contribution in [0.15, 0.2) is 0 Å². The van der Waals surface area contributed by atoms with Crippen molar-refractivity contribution >= 4 is 11.3 Å². The van der Waals surface area contributed by atoms with Crippen LogP contribution in [0.5, 0.6) is 0 Å². The maximum Gasteiger partial charge on any atom is 0.0935 e. The van der Waals surface area contributed by atoms with Crippen LogP contribution in [-0.2, 0) is 11.2 Å². The first-order valence-electron chi connectivity index (χ1n) is 5.46. The van der Waals surface area contributed by atoms with Gasteiger partial charge in [-0.3, -0.25) is 0 Å². The number of ether oxygens (including phenoxy) is 1. The van der Waals surface area contributed by atoms with Crippen LogP contribution in [0.2, 0.25) is 0 Å². The standard InChI is InChI=1S/C11H18N2OS/c1-7(12)11-8(2)13-10(15-11)5-9-3-4-14-6-9/h7,9H,3-6,12H2,1-2H3. The van der Waals surface area contributed by atoms with Gasteiger partial charge in [-0.25, -0.2) is 4.98 Å². The van der Waals surface area contributed by atoms with Crippen LogP contribution in [0.3, 0.4) is 0 Å². The van der Waals surface area contributed by atoms with Crippen molar-refractivity contribution in [3.63, 3.8) is 0 Å². The van der Waals surface area contributed by atoms with Crippen LogP contribution >= 0.6 is 11.3 Å². The van der Waals surface area contributed by atoms with Crippen LogP contribution in [0.1, 0.15) is 35.0 Å². The molecule has 0 saturated carbocycles. The number of aromatic nitrogens is 1. The quantitative estimate of drug-likeness (QED) is 0.858. The fourth-order valence-corrected chi connectivity index (χ4v) is 3.10. The van der Waals surface area contributed by atoms with E-state index in [2.05, 4.69) is 4.98 Å². The van der Waals surface area contributed by atoms with E-state index < -0.39 is 0 Å². The van der Waals surface area contributed by atoms with Gasteiger partial charge in [-0.2, -0.15) is 0 Å². The van der Waals surface area contributed by atoms with E-state index in [1.54, 1.807) is 11.3 Å². The van der Waals surface area contributed by atoms with Crippen molar-refractivity contribution in [3.05, 3.63) is 15.6 Å². The molecule has 1 fully saturated rings. The van der Waals surface area contributed by atoms with Gasteiger partial charge >= 0.3 is 0 Å². The molecule has 15 heavy (non-hydrogen) atoms. The second-order valence-electron chi connectivity index (χ2n) is 4.28. The summed E-state index contributed by atoms with van der Waals surface area (Å²) >= 11 is 1.76. The van der Waals surface area contributed by atoms with E-state index >= 15 is 0 Å². The summed E-state index contributed by atoms with van der Waals surface area (Å²) in [6, 6.07) is 0.107. The molecule has 0 aliphatic carbocycles. The molecule has 1 aromatic rings. The Bertz CT molecular complexity index is 329. The Morgan fingerprint density at radius 2 is 2.47 bits per heavy atom. The predicted molar refractivity (Wildman–Crippen MR) is 62.1 cm³/mol. The van der Waals surface area contributed by atoms with E-state index in [9.17, 15) is 0 Å². The van der Waals surface area contributed by atoms with Gasteiger partial charge < -0.3 is 10.5 Å². The second-order valence-corrected chi connectivity index (χ2v) is 5.39. The summed E-state index contributed by atoms with van der Waals surface area (Å²) in [7, 11) is 0. The van der Waals surface area contributed by atoms with Crippen molar-refractivity contribution in [1.82, 2.24) is 4.98 Å². The zero-order valence-corrected chi connectivity index (χ0v) is 10.1. The minimum Gasteiger partial charge on any atom is -0.381 e. The minimum atomic E-state index is 0.107. The number of aryl methyl sites for hydroxylation is 1. The van der Waals surface area contributed by atoms with Crippen LogP contribution in [0.4, 0.5) is 0 Å². The summed E-state index contributed by atoms with van der Waals surface area (Å²) in [5.74, 6) is 0.663. The molecular formula is C11H18N2OS. The van der Waals surface area contributed by atoms with Gasteiger partial charge in [0, 0.05) is 30.6 Å². The average molecular weight is 226 g/mol. The number of hydrogen-bond acceptors (Lipinski definition) is 4. The van der Waals surface area contributed by atoms with Gasteiger partial charge in [-0.1, -0.05) is 0 Å². The third-order valence-electron chi connectivity index (χ3n) is 2.78. The predicted octanol–water partition coefficient (Wildman–Crippen LogP) is 2.05. The Kier molecular flexibility index (Phi) is 3.38. The van der Waals surface area contributed by atoms with E-state index in [1.807, 2.05) is 13.8 Å². The van der Waals surface area contributed by atoms with Gasteiger partial charge in [0.2, 0.25) is 0 Å². The molecule has 0 amide bonds. The van der Waals surface area contributed by atoms with Gasteiger partial charge in [-0.15, -0.1) is 11.3 Å². The number of hydrogen-bond donors (Lipinski definition) is 1. The smallest absolute Gasteiger partial charge is 0.0935 e. The number of thiazole rings is 1. The third kappa shape index (κ3) is 2.56. The van der Waals surface area contributed by atoms with Crippen molar-refractivity contribution in [2.75, 3.05) is 13.2 Å². The molecule has 1 aromatic heterocycles. The highest BCUT2D eigenvalue weighted by molar-refractivity contribution is 7.11. The molecule has 4 heteroatoms. The molecule has 0 bridgehead atoms. The molecule has 84 valence electrons. The summed E-state index contributed by atoms with van der Waals surface area (Å²) in [4.78, 5) is 5.80. The number of nitrogens with zero attached hydrogens (tertiary/aromatic N) is 1. The summed E-state index contributed by atoms with van der Waals surface area (Å²) in [5.41, 5.74) is 6.98. The fourth-order valence-electron chi connectivity index (χ4n) is 1.97. The lowest BCUT2D eigenvalue weighted by atomic mass is 10.1. The van der Waals surface area contributed by atoms with Gasteiger partial charge in [0.1, 0.15) is 0 Å². The summed E-state index contributed by atoms with van der Waals surface area (Å²) in [6.45, 7) is 5.87. The van der Waals surface area contributed by atoms with Crippen molar-refractivity contribution < 1.29 is 4.74 Å². The summed E-state index contributed by atoms with van der Waals surface area (Å²) < 4.78 is 5.37. The fraction of sp³-hybridized carbons (Fsp3) is 0.727. The summed E-state index contributed by atoms with van der Waals surface area (Å²) in [6.07, 6.45) is 2.23. The summed E-state index contributed by atoms with van der Waals surface area (Å²) in [5, 5.41) is 1.22. The molecule has 0 aromatic carbocycles. The SMILES string of the molecule is Cc1nc(CC2CCOC2)sc1C(C)N. The van der Waals surface area contributed by atoms with E-state index in [0.717, 1.165) is 25.3 Å². The van der Waals surface area contributed by atoms with Gasteiger partial charge in [0.15, 0.2) is 0 Å². The lowest BCUT2D eigenvalue weighted by molar-refractivity contribution is 0.186. The topological polar surface area (TPSA) is 48.1 Å². The van der Waals surface area contributed by atoms with Crippen molar-refractivity contribution in [1.29, 1.82) is 0 Å². The average Bonchev–Trinajstić information content (AvgIpc) is 2.75. The second kappa shape index (κ2) is 4.60. The molecule has 0 radical (unpaired) electrons. The molecule has 3 nitrogen and oxygen atoms in total. The Balaban J connectivity index is 2.05. The zero-order valence-electron chi connectivity index (χ0n) is 9.32. The molecule has 1 aliphatic heterocycles. The first kappa shape index (κ1) is 11.0. The molecule has 2 atom stereocenters. The monoisotopic (exact) mass is 226 g/mol. The minimum absolute atomic E-state index is 0.107. The van der Waals surface area contributed by atoms with Crippen LogP contribution in [-0.4, -0.2) is 18.2 Å². The lowest BCUT2D eigenvalue weighted by Gasteiger charge is -2.03. The first-order chi connectivity index (χ1) is 7.16. The molecular weight excluding hydrogens is 208 g/mol. The zero-order chi connectivity index (χ0) is 10.8. The third-order valence-corrected chi connectivity index (χ3v) is 4.16. The number of nitrogens with two attached hydrogens (primary N) is 1. The molecule has 2 rings (SSSR count). The highest BCUT2D eigenvalue weighted by atomic mass is 32.1. The van der Waals surface area contributed by atoms with Crippen molar-refractivity contribution in [2.45, 2.75) is 32.7 Å². The van der Waals surface area contributed by atoms with E-state index in [4.69, 9.17) is 10.5 Å². The van der Waals surface area contributed by atoms with Gasteiger partial charge in [-0.05, 0) is 26.2 Å². The highest BCUT2D eigenvalue weighted by Gasteiger charge is 2.19. The Morgan fingerprint density at radius 1 is 1.67 bits per heavy atom. The molecule has 0 spiro atoms. The van der Waals surface area contributed by atoms with Crippen molar-refractivity contribution in [3.8, 4) is 0 Å². The maximum atomic E-state index is 5.88. The Labute approximate surface area is 94.7 Å². The normalized spacial score (nSPS) is 23.3. The first-order valence-corrected chi connectivity index (χ1v) is 6.28. The lowest BCUT2D eigenvalue weighted by Crippen LogP contribution is -2.03. The largest absolute Gasteiger partial charge is 0.381 e. The number of rotatable bonds is 3. The van der Waals surface area contributed by atoms with E-state index in [0.29, 0.717) is 5.92 Å². The van der Waals surface area contributed by atoms with Gasteiger partial charge in [0.25, 0.3) is 0 Å². The highest BCUT2D eigenvalue weighted by Crippen LogP contribution is 2.27. The van der Waals surface area contributed by atoms with Crippen LogP contribution in [0.25, 0.3) is 0 Å². The maximum absolute atomic E-state index is 5.88. The van der Waals surface area contributed by atoms with Crippen LogP contribution < -0.4 is 5.73 Å². The molecule has 2 N–H and O–H groups in total. The molecule has 2 heterocycles. The molecule has 1 saturated heterocycles. The van der Waals surface area contributed by atoms with E-state index in [1.165, 1.54) is 16.3 Å². The molecule has 2 unspecified atom stereocenters. The van der Waals surface area contributed by atoms with Crippen LogP contribution in [0, 0.1) is 12.8 Å². The van der Waals surface area contributed by atoms with E-state index in [-0.39, 0.29) is 6.04 Å². The Morgan fingerprint density at radius 3 is 3.00 bits per heavy atom. The van der Waals surface area contributed by atoms with Gasteiger partial charge in [0.05, 0.1) is 10.7 Å².